The summed E-state index contributed by atoms with van der Waals surface area (Å²) in [5.74, 6) is 1.37. The smallest absolute Gasteiger partial charge is 0.165 e. The van der Waals surface area contributed by atoms with E-state index in [1.807, 2.05) is 73.7 Å². The van der Waals surface area contributed by atoms with Crippen molar-refractivity contribution in [1.29, 1.82) is 0 Å². The number of hydrogen-bond acceptors (Lipinski definition) is 4. The van der Waals surface area contributed by atoms with Gasteiger partial charge in [-0.2, -0.15) is 0 Å². The summed E-state index contributed by atoms with van der Waals surface area (Å²) in [6.45, 7) is 2.01. The van der Waals surface area contributed by atoms with Crippen molar-refractivity contribution in [2.45, 2.75) is 19.4 Å². The highest BCUT2D eigenvalue weighted by Gasteiger charge is 2.19. The lowest BCUT2D eigenvalue weighted by atomic mass is 9.96. The first-order chi connectivity index (χ1) is 14.0. The second-order valence-corrected chi connectivity index (χ2v) is 7.73. The van der Waals surface area contributed by atoms with Crippen molar-refractivity contribution in [3.05, 3.63) is 87.9 Å². The maximum atomic E-state index is 13.0. The third-order valence-electron chi connectivity index (χ3n) is 4.76. The predicted octanol–water partition coefficient (Wildman–Crippen LogP) is 6.20. The minimum atomic E-state index is -0.218. The van der Waals surface area contributed by atoms with Crippen molar-refractivity contribution >= 4 is 27.4 Å². The minimum Gasteiger partial charge on any atom is -0.493 e. The third-order valence-corrected chi connectivity index (χ3v) is 5.29. The number of carbonyl (C=O) groups is 1. The maximum absolute atomic E-state index is 13.0. The van der Waals surface area contributed by atoms with E-state index in [1.54, 1.807) is 14.2 Å². The van der Waals surface area contributed by atoms with Gasteiger partial charge < -0.3 is 14.8 Å². The Morgan fingerprint density at radius 3 is 2.21 bits per heavy atom. The topological polar surface area (TPSA) is 47.6 Å². The number of ether oxygens (including phenoxy) is 2. The summed E-state index contributed by atoms with van der Waals surface area (Å²) in [5.41, 5.74) is 3.72. The van der Waals surface area contributed by atoms with Gasteiger partial charge in [-0.1, -0.05) is 51.8 Å². The molecule has 0 aliphatic heterocycles. The van der Waals surface area contributed by atoms with Crippen LogP contribution in [0.25, 0.3) is 0 Å². The van der Waals surface area contributed by atoms with Gasteiger partial charge in [0.05, 0.1) is 20.3 Å². The molecule has 1 atom stereocenters. The van der Waals surface area contributed by atoms with Gasteiger partial charge in [-0.05, 0) is 48.9 Å². The summed E-state index contributed by atoms with van der Waals surface area (Å²) in [5, 5.41) is 3.49. The molecule has 0 aromatic heterocycles. The van der Waals surface area contributed by atoms with E-state index >= 15 is 0 Å². The lowest BCUT2D eigenvalue weighted by Crippen LogP contribution is -2.16. The van der Waals surface area contributed by atoms with E-state index in [-0.39, 0.29) is 11.8 Å². The van der Waals surface area contributed by atoms with Crippen LogP contribution in [0.1, 0.15) is 33.9 Å². The highest BCUT2D eigenvalue weighted by molar-refractivity contribution is 9.10. The highest BCUT2D eigenvalue weighted by Crippen LogP contribution is 2.33. The zero-order valence-corrected chi connectivity index (χ0v) is 18.3. The van der Waals surface area contributed by atoms with Crippen molar-refractivity contribution in [3.63, 3.8) is 0 Å². The Morgan fingerprint density at radius 2 is 1.59 bits per heavy atom. The number of ketones is 1. The van der Waals surface area contributed by atoms with Crippen LogP contribution >= 0.6 is 15.9 Å². The van der Waals surface area contributed by atoms with Crippen LogP contribution in [0.2, 0.25) is 0 Å². The van der Waals surface area contributed by atoms with Gasteiger partial charge in [0.25, 0.3) is 0 Å². The first kappa shape index (κ1) is 20.9. The molecule has 0 amide bonds. The molecule has 3 aromatic carbocycles. The van der Waals surface area contributed by atoms with Gasteiger partial charge in [-0.15, -0.1) is 0 Å². The molecule has 5 heteroatoms. The van der Waals surface area contributed by atoms with Crippen molar-refractivity contribution in [1.82, 2.24) is 0 Å². The second kappa shape index (κ2) is 9.61. The standard InChI is InChI=1S/C24H24BrNO3/c1-16-4-6-17(7-5-16)22(27)15-21(26-20-11-9-19(25)10-12-20)18-8-13-23(28-2)24(14-18)29-3/h4-14,21,26H,15H2,1-3H3/t21-/m1/s1. The summed E-state index contributed by atoms with van der Waals surface area (Å²) in [7, 11) is 3.21. The quantitative estimate of drug-likeness (QED) is 0.412. The largest absolute Gasteiger partial charge is 0.493 e. The fraction of sp³-hybridized carbons (Fsp3) is 0.208. The summed E-state index contributed by atoms with van der Waals surface area (Å²) in [6, 6.07) is 21.1. The molecule has 3 aromatic rings. The Labute approximate surface area is 180 Å². The lowest BCUT2D eigenvalue weighted by Gasteiger charge is -2.21. The number of nitrogens with one attached hydrogen (secondary N) is 1. The second-order valence-electron chi connectivity index (χ2n) is 6.81. The van der Waals surface area contributed by atoms with Crippen LogP contribution in [0, 0.1) is 6.92 Å². The van der Waals surface area contributed by atoms with Gasteiger partial charge in [-0.3, -0.25) is 4.79 Å². The number of halogens is 1. The molecule has 0 saturated heterocycles. The van der Waals surface area contributed by atoms with E-state index in [0.29, 0.717) is 23.5 Å². The summed E-state index contributed by atoms with van der Waals surface area (Å²) in [6.07, 6.45) is 0.314. The Kier molecular flexibility index (Phi) is 6.94. The average molecular weight is 454 g/mol. The molecule has 3 rings (SSSR count). The molecule has 0 spiro atoms. The molecule has 0 fully saturated rings. The van der Waals surface area contributed by atoms with E-state index in [1.165, 1.54) is 0 Å². The molecule has 4 nitrogen and oxygen atoms in total. The van der Waals surface area contributed by atoms with Gasteiger partial charge >= 0.3 is 0 Å². The third kappa shape index (κ3) is 5.39. The Balaban J connectivity index is 1.91. The molecular formula is C24H24BrNO3. The van der Waals surface area contributed by atoms with Crippen LogP contribution in [0.5, 0.6) is 11.5 Å². The fourth-order valence-electron chi connectivity index (χ4n) is 3.11. The molecule has 0 aliphatic carbocycles. The molecule has 29 heavy (non-hydrogen) atoms. The van der Waals surface area contributed by atoms with Crippen molar-refractivity contribution in [2.75, 3.05) is 19.5 Å². The van der Waals surface area contributed by atoms with Crippen molar-refractivity contribution in [3.8, 4) is 11.5 Å². The molecule has 0 aliphatic rings. The molecule has 0 heterocycles. The molecule has 150 valence electrons. The minimum absolute atomic E-state index is 0.0781. The van der Waals surface area contributed by atoms with Gasteiger partial charge in [0, 0.05) is 22.1 Å². The number of carbonyl (C=O) groups excluding carboxylic acids is 1. The number of rotatable bonds is 8. The number of aryl methyl sites for hydroxylation is 1. The van der Waals surface area contributed by atoms with Gasteiger partial charge in [-0.25, -0.2) is 0 Å². The monoisotopic (exact) mass is 453 g/mol. The molecule has 0 unspecified atom stereocenters. The van der Waals surface area contributed by atoms with Crippen LogP contribution in [0.3, 0.4) is 0 Å². The Hall–Kier alpha value is -2.79. The summed E-state index contributed by atoms with van der Waals surface area (Å²) >= 11 is 3.46. The van der Waals surface area contributed by atoms with Crippen LogP contribution in [0.15, 0.2) is 71.2 Å². The number of methoxy groups -OCH3 is 2. The van der Waals surface area contributed by atoms with Crippen LogP contribution in [-0.4, -0.2) is 20.0 Å². The first-order valence-electron chi connectivity index (χ1n) is 9.34. The zero-order chi connectivity index (χ0) is 20.8. The maximum Gasteiger partial charge on any atom is 0.165 e. The normalized spacial score (nSPS) is 11.6. The molecule has 1 N–H and O–H groups in total. The van der Waals surface area contributed by atoms with Crippen LogP contribution in [-0.2, 0) is 0 Å². The molecule has 0 bridgehead atoms. The number of anilines is 1. The molecule has 0 radical (unpaired) electrons. The summed E-state index contributed by atoms with van der Waals surface area (Å²) < 4.78 is 11.8. The van der Waals surface area contributed by atoms with E-state index in [2.05, 4.69) is 21.2 Å². The van der Waals surface area contributed by atoms with Crippen LogP contribution in [0.4, 0.5) is 5.69 Å². The van der Waals surface area contributed by atoms with E-state index in [0.717, 1.165) is 21.3 Å². The van der Waals surface area contributed by atoms with Gasteiger partial charge in [0.15, 0.2) is 17.3 Å². The van der Waals surface area contributed by atoms with E-state index < -0.39 is 0 Å². The van der Waals surface area contributed by atoms with E-state index in [9.17, 15) is 4.79 Å². The average Bonchev–Trinajstić information content (AvgIpc) is 2.74. The number of hydrogen-bond donors (Lipinski definition) is 1. The predicted molar refractivity (Wildman–Crippen MR) is 120 cm³/mol. The first-order valence-corrected chi connectivity index (χ1v) is 10.1. The Morgan fingerprint density at radius 1 is 0.931 bits per heavy atom. The lowest BCUT2D eigenvalue weighted by molar-refractivity contribution is 0.0976. The van der Waals surface area contributed by atoms with Gasteiger partial charge in [0.2, 0.25) is 0 Å². The van der Waals surface area contributed by atoms with Crippen molar-refractivity contribution in [2.24, 2.45) is 0 Å². The highest BCUT2D eigenvalue weighted by atomic mass is 79.9. The molecular weight excluding hydrogens is 430 g/mol. The summed E-state index contributed by atoms with van der Waals surface area (Å²) in [4.78, 5) is 13.0. The number of benzene rings is 3. The zero-order valence-electron chi connectivity index (χ0n) is 16.7. The number of Topliss-reactive ketones (excluding diaryl/α,β-unsaturated/α-hetero) is 1. The van der Waals surface area contributed by atoms with Crippen LogP contribution < -0.4 is 14.8 Å². The van der Waals surface area contributed by atoms with E-state index in [4.69, 9.17) is 9.47 Å². The fourth-order valence-corrected chi connectivity index (χ4v) is 3.38. The molecule has 0 saturated carbocycles. The SMILES string of the molecule is COc1ccc([C@@H](CC(=O)c2ccc(C)cc2)Nc2ccc(Br)cc2)cc1OC. The van der Waals surface area contributed by atoms with Crippen molar-refractivity contribution < 1.29 is 14.3 Å². The Bertz CT molecular complexity index is 968. The van der Waals surface area contributed by atoms with Gasteiger partial charge in [0.1, 0.15) is 0 Å².